The monoisotopic (exact) mass is 404 g/mol. The van der Waals surface area contributed by atoms with Crippen molar-refractivity contribution in [3.8, 4) is 11.5 Å². The van der Waals surface area contributed by atoms with Crippen LogP contribution in [-0.2, 0) is 16.6 Å². The summed E-state index contributed by atoms with van der Waals surface area (Å²) in [7, 11) is -0.657. The van der Waals surface area contributed by atoms with Gasteiger partial charge in [-0.3, -0.25) is 4.90 Å². The van der Waals surface area contributed by atoms with Crippen LogP contribution in [0.25, 0.3) is 0 Å². The minimum absolute atomic E-state index is 0.1000. The zero-order chi connectivity index (χ0) is 20.3. The molecule has 7 heteroatoms. The van der Waals surface area contributed by atoms with Gasteiger partial charge in [0.25, 0.3) is 0 Å². The second-order valence-electron chi connectivity index (χ2n) is 7.19. The van der Waals surface area contributed by atoms with E-state index in [1.54, 1.807) is 22.5 Å². The van der Waals surface area contributed by atoms with Crippen molar-refractivity contribution in [2.45, 2.75) is 37.4 Å². The van der Waals surface area contributed by atoms with E-state index in [-0.39, 0.29) is 17.0 Å². The van der Waals surface area contributed by atoms with Crippen LogP contribution in [0.5, 0.6) is 11.5 Å². The highest BCUT2D eigenvalue weighted by atomic mass is 32.2. The fourth-order valence-electron chi connectivity index (χ4n) is 3.74. The highest BCUT2D eigenvalue weighted by Crippen LogP contribution is 2.32. The van der Waals surface area contributed by atoms with E-state index < -0.39 is 10.0 Å². The minimum atomic E-state index is -3.67. The van der Waals surface area contributed by atoms with E-state index in [2.05, 4.69) is 30.9 Å². The fraction of sp³-hybridized carbons (Fsp3) is 0.429. The first-order chi connectivity index (χ1) is 13.4. The molecule has 2 aromatic carbocycles. The summed E-state index contributed by atoms with van der Waals surface area (Å²) >= 11 is 0. The Morgan fingerprint density at radius 3 is 2.18 bits per heavy atom. The molecule has 1 saturated heterocycles. The van der Waals surface area contributed by atoms with Crippen LogP contribution in [0.15, 0.2) is 53.4 Å². The van der Waals surface area contributed by atoms with E-state index >= 15 is 0 Å². The molecule has 152 valence electrons. The van der Waals surface area contributed by atoms with Crippen LogP contribution in [-0.4, -0.2) is 57.0 Å². The summed E-state index contributed by atoms with van der Waals surface area (Å²) in [5.74, 6) is 0.858. The topological polar surface area (TPSA) is 59.1 Å². The number of benzene rings is 2. The lowest BCUT2D eigenvalue weighted by Crippen LogP contribution is -2.57. The average molecular weight is 405 g/mol. The lowest BCUT2D eigenvalue weighted by Gasteiger charge is -2.43. The van der Waals surface area contributed by atoms with Crippen molar-refractivity contribution in [1.82, 2.24) is 9.21 Å². The Morgan fingerprint density at radius 2 is 1.61 bits per heavy atom. The Morgan fingerprint density at radius 1 is 0.964 bits per heavy atom. The largest absolute Gasteiger partial charge is 0.497 e. The number of nitrogens with zero attached hydrogens (tertiary/aromatic N) is 2. The molecular weight excluding hydrogens is 376 g/mol. The second kappa shape index (κ2) is 8.51. The van der Waals surface area contributed by atoms with Crippen LogP contribution in [0.4, 0.5) is 0 Å². The molecule has 2 aromatic rings. The maximum absolute atomic E-state index is 13.3. The summed E-state index contributed by atoms with van der Waals surface area (Å²) in [6.45, 7) is 5.84. The molecule has 0 spiro atoms. The summed E-state index contributed by atoms with van der Waals surface area (Å²) in [5, 5.41) is 0. The quantitative estimate of drug-likeness (QED) is 0.741. The van der Waals surface area contributed by atoms with Crippen molar-refractivity contribution < 1.29 is 17.9 Å². The molecule has 0 amide bonds. The van der Waals surface area contributed by atoms with Gasteiger partial charge in [-0.2, -0.15) is 4.31 Å². The number of sulfonamides is 1. The molecule has 2 unspecified atom stereocenters. The molecule has 1 fully saturated rings. The first-order valence-electron chi connectivity index (χ1n) is 9.38. The Balaban J connectivity index is 1.82. The number of ether oxygens (including phenoxy) is 2. The summed E-state index contributed by atoms with van der Waals surface area (Å²) in [6.07, 6.45) is 0. The number of piperazine rings is 1. The molecule has 0 aliphatic carbocycles. The van der Waals surface area contributed by atoms with Gasteiger partial charge in [-0.1, -0.05) is 30.3 Å². The Kier molecular flexibility index (Phi) is 6.27. The van der Waals surface area contributed by atoms with E-state index in [0.29, 0.717) is 24.6 Å². The Bertz CT molecular complexity index is 890. The van der Waals surface area contributed by atoms with Gasteiger partial charge in [-0.15, -0.1) is 0 Å². The van der Waals surface area contributed by atoms with Gasteiger partial charge < -0.3 is 9.47 Å². The van der Waals surface area contributed by atoms with E-state index in [1.165, 1.54) is 19.8 Å². The summed E-state index contributed by atoms with van der Waals surface area (Å²) in [6, 6.07) is 15.3. The Hall–Kier alpha value is -2.09. The molecule has 1 heterocycles. The fourth-order valence-corrected chi connectivity index (χ4v) is 5.48. The summed E-state index contributed by atoms with van der Waals surface area (Å²) in [5.41, 5.74) is 1.23. The second-order valence-corrected chi connectivity index (χ2v) is 9.10. The molecule has 1 aliphatic rings. The van der Waals surface area contributed by atoms with E-state index in [9.17, 15) is 8.42 Å². The zero-order valence-electron chi connectivity index (χ0n) is 16.8. The van der Waals surface area contributed by atoms with Crippen LogP contribution in [0.3, 0.4) is 0 Å². The lowest BCUT2D eigenvalue weighted by atomic mass is 10.1. The summed E-state index contributed by atoms with van der Waals surface area (Å²) in [4.78, 5) is 2.53. The van der Waals surface area contributed by atoms with E-state index in [4.69, 9.17) is 9.47 Å². The van der Waals surface area contributed by atoms with Crippen LogP contribution >= 0.6 is 0 Å². The molecule has 2 atom stereocenters. The molecule has 0 aromatic heterocycles. The molecular formula is C21H28N2O4S. The van der Waals surface area contributed by atoms with Gasteiger partial charge in [0.2, 0.25) is 10.0 Å². The van der Waals surface area contributed by atoms with Crippen molar-refractivity contribution in [3.05, 3.63) is 54.1 Å². The smallest absolute Gasteiger partial charge is 0.246 e. The molecule has 1 aliphatic heterocycles. The average Bonchev–Trinajstić information content (AvgIpc) is 2.70. The van der Waals surface area contributed by atoms with E-state index in [0.717, 1.165) is 6.54 Å². The van der Waals surface area contributed by atoms with Gasteiger partial charge in [-0.05, 0) is 31.5 Å². The molecule has 0 bridgehead atoms. The lowest BCUT2D eigenvalue weighted by molar-refractivity contribution is 0.0698. The normalized spacial score (nSPS) is 21.4. The predicted octanol–water partition coefficient (Wildman–Crippen LogP) is 2.99. The predicted molar refractivity (Wildman–Crippen MR) is 109 cm³/mol. The third-order valence-electron chi connectivity index (χ3n) is 5.26. The van der Waals surface area contributed by atoms with Crippen LogP contribution in [0, 0.1) is 0 Å². The standard InChI is InChI=1S/C21H28N2O4S/c1-16-13-22(14-17(2)23(16)15-18-8-6-5-7-9-18)28(24,25)21-11-10-19(26-3)12-20(21)27-4/h5-12,16-17H,13-15H2,1-4H3. The number of methoxy groups -OCH3 is 2. The first-order valence-corrected chi connectivity index (χ1v) is 10.8. The van der Waals surface area contributed by atoms with Crippen molar-refractivity contribution in [2.75, 3.05) is 27.3 Å². The zero-order valence-corrected chi connectivity index (χ0v) is 17.6. The molecule has 6 nitrogen and oxygen atoms in total. The molecule has 28 heavy (non-hydrogen) atoms. The van der Waals surface area contributed by atoms with Crippen LogP contribution in [0.2, 0.25) is 0 Å². The maximum Gasteiger partial charge on any atom is 0.246 e. The molecule has 0 radical (unpaired) electrons. The number of hydrogen-bond donors (Lipinski definition) is 0. The highest BCUT2D eigenvalue weighted by molar-refractivity contribution is 7.89. The van der Waals surface area contributed by atoms with Crippen LogP contribution in [0.1, 0.15) is 19.4 Å². The van der Waals surface area contributed by atoms with Crippen molar-refractivity contribution in [2.24, 2.45) is 0 Å². The first kappa shape index (κ1) is 20.6. The number of rotatable bonds is 6. The third kappa shape index (κ3) is 4.16. The SMILES string of the molecule is COc1ccc(S(=O)(=O)N2CC(C)N(Cc3ccccc3)C(C)C2)c(OC)c1. The highest BCUT2D eigenvalue weighted by Gasteiger charge is 2.37. The van der Waals surface area contributed by atoms with Crippen molar-refractivity contribution in [1.29, 1.82) is 0 Å². The maximum atomic E-state index is 13.3. The molecule has 0 N–H and O–H groups in total. The minimum Gasteiger partial charge on any atom is -0.497 e. The van der Waals surface area contributed by atoms with Gasteiger partial charge in [0, 0.05) is 37.8 Å². The van der Waals surface area contributed by atoms with Gasteiger partial charge in [-0.25, -0.2) is 8.42 Å². The van der Waals surface area contributed by atoms with Gasteiger partial charge in [0.05, 0.1) is 14.2 Å². The van der Waals surface area contributed by atoms with Crippen molar-refractivity contribution >= 4 is 10.0 Å². The summed E-state index contributed by atoms with van der Waals surface area (Å²) < 4.78 is 38.7. The van der Waals surface area contributed by atoms with E-state index in [1.807, 2.05) is 18.2 Å². The van der Waals surface area contributed by atoms with Gasteiger partial charge in [0.15, 0.2) is 0 Å². The van der Waals surface area contributed by atoms with Crippen LogP contribution < -0.4 is 9.47 Å². The third-order valence-corrected chi connectivity index (χ3v) is 7.14. The number of hydrogen-bond acceptors (Lipinski definition) is 5. The van der Waals surface area contributed by atoms with Gasteiger partial charge >= 0.3 is 0 Å². The molecule has 3 rings (SSSR count). The van der Waals surface area contributed by atoms with Crippen molar-refractivity contribution in [3.63, 3.8) is 0 Å². The Labute approximate surface area is 167 Å². The molecule has 0 saturated carbocycles. The van der Waals surface area contributed by atoms with Gasteiger partial charge in [0.1, 0.15) is 16.4 Å².